The minimum absolute atomic E-state index is 0.0950. The molecule has 2 aromatic rings. The van der Waals surface area contributed by atoms with Gasteiger partial charge in [0, 0.05) is 11.5 Å². The molecule has 0 aliphatic rings. The molecule has 0 unspecified atom stereocenters. The van der Waals surface area contributed by atoms with E-state index in [0.29, 0.717) is 5.39 Å². The number of methoxy groups -OCH3 is 1. The van der Waals surface area contributed by atoms with Crippen molar-refractivity contribution in [2.45, 2.75) is 0 Å². The molecule has 82 valence electrons. The van der Waals surface area contributed by atoms with Crippen LogP contribution in [0.5, 0.6) is 0 Å². The molecule has 0 fully saturated rings. The second-order valence-corrected chi connectivity index (χ2v) is 3.12. The predicted molar refractivity (Wildman–Crippen MR) is 53.8 cm³/mol. The molecule has 0 bridgehead atoms. The number of halogens is 1. The average molecular weight is 222 g/mol. The molecule has 0 N–H and O–H groups in total. The zero-order chi connectivity index (χ0) is 11.7. The fraction of sp³-hybridized carbons (Fsp3) is 0.0909. The van der Waals surface area contributed by atoms with Gasteiger partial charge in [-0.15, -0.1) is 0 Å². The van der Waals surface area contributed by atoms with E-state index in [1.165, 1.54) is 18.2 Å². The first kappa shape index (κ1) is 10.4. The first-order chi connectivity index (χ1) is 7.61. The number of hydrogen-bond acceptors (Lipinski definition) is 4. The molecule has 1 aromatic heterocycles. The van der Waals surface area contributed by atoms with Crippen LogP contribution in [0.4, 0.5) is 4.39 Å². The highest BCUT2D eigenvalue weighted by molar-refractivity contribution is 5.92. The quantitative estimate of drug-likeness (QED) is 0.544. The summed E-state index contributed by atoms with van der Waals surface area (Å²) in [6, 6.07) is 5.02. The molecule has 5 heteroatoms. The number of carbonyl (C=O) groups is 1. The van der Waals surface area contributed by atoms with E-state index in [2.05, 4.69) is 4.74 Å². The summed E-state index contributed by atoms with van der Waals surface area (Å²) in [6.45, 7) is 0. The Labute approximate surface area is 89.2 Å². The van der Waals surface area contributed by atoms with Crippen LogP contribution < -0.4 is 5.63 Å². The number of rotatable bonds is 1. The van der Waals surface area contributed by atoms with Crippen molar-refractivity contribution in [2.75, 3.05) is 7.11 Å². The molecular formula is C11H7FO4. The monoisotopic (exact) mass is 222 g/mol. The van der Waals surface area contributed by atoms with E-state index < -0.39 is 17.4 Å². The average Bonchev–Trinajstić information content (AvgIpc) is 2.27. The lowest BCUT2D eigenvalue weighted by Crippen LogP contribution is -2.14. The summed E-state index contributed by atoms with van der Waals surface area (Å²) in [5.74, 6) is -1.29. The van der Waals surface area contributed by atoms with Crippen molar-refractivity contribution < 1.29 is 18.3 Å². The molecule has 4 nitrogen and oxygen atoms in total. The van der Waals surface area contributed by atoms with Crippen molar-refractivity contribution in [1.82, 2.24) is 0 Å². The van der Waals surface area contributed by atoms with E-state index in [-0.39, 0.29) is 11.1 Å². The number of fused-ring (bicyclic) bond motifs is 1. The Kier molecular flexibility index (Phi) is 2.44. The molecule has 0 aliphatic carbocycles. The molecule has 0 amide bonds. The summed E-state index contributed by atoms with van der Waals surface area (Å²) < 4.78 is 22.1. The zero-order valence-corrected chi connectivity index (χ0v) is 8.32. The maximum Gasteiger partial charge on any atom is 0.351 e. The van der Waals surface area contributed by atoms with Gasteiger partial charge in [0.05, 0.1) is 7.11 Å². The van der Waals surface area contributed by atoms with E-state index in [9.17, 15) is 14.0 Å². The smallest absolute Gasteiger partial charge is 0.351 e. The second kappa shape index (κ2) is 3.77. The Balaban J connectivity index is 2.72. The van der Waals surface area contributed by atoms with Crippen LogP contribution in [0.2, 0.25) is 0 Å². The lowest BCUT2D eigenvalue weighted by Gasteiger charge is -2.00. The maximum atomic E-state index is 12.8. The zero-order valence-electron chi connectivity index (χ0n) is 8.32. The molecule has 0 atom stereocenters. The molecule has 1 aromatic carbocycles. The Morgan fingerprint density at radius 1 is 1.38 bits per heavy atom. The third-order valence-corrected chi connectivity index (χ3v) is 2.10. The van der Waals surface area contributed by atoms with Gasteiger partial charge in [0.1, 0.15) is 17.0 Å². The van der Waals surface area contributed by atoms with E-state index in [4.69, 9.17) is 4.42 Å². The van der Waals surface area contributed by atoms with Crippen LogP contribution in [0.1, 0.15) is 10.4 Å². The van der Waals surface area contributed by atoms with Gasteiger partial charge in [0.25, 0.3) is 0 Å². The van der Waals surface area contributed by atoms with Gasteiger partial charge < -0.3 is 9.15 Å². The summed E-state index contributed by atoms with van der Waals surface area (Å²) in [5.41, 5.74) is -0.954. The largest absolute Gasteiger partial charge is 0.465 e. The third kappa shape index (κ3) is 1.67. The highest BCUT2D eigenvalue weighted by Gasteiger charge is 2.13. The summed E-state index contributed by atoms with van der Waals surface area (Å²) in [4.78, 5) is 22.5. The molecule has 16 heavy (non-hydrogen) atoms. The highest BCUT2D eigenvalue weighted by atomic mass is 19.1. The highest BCUT2D eigenvalue weighted by Crippen LogP contribution is 2.15. The number of ether oxygens (including phenoxy) is 1. The number of benzene rings is 1. The number of esters is 1. The van der Waals surface area contributed by atoms with E-state index >= 15 is 0 Å². The fourth-order valence-electron chi connectivity index (χ4n) is 1.34. The van der Waals surface area contributed by atoms with Crippen LogP contribution in [0.15, 0.2) is 33.5 Å². The molecular weight excluding hydrogens is 215 g/mol. The van der Waals surface area contributed by atoms with Crippen molar-refractivity contribution in [3.8, 4) is 0 Å². The van der Waals surface area contributed by atoms with Crippen LogP contribution in [0, 0.1) is 5.82 Å². The van der Waals surface area contributed by atoms with Crippen LogP contribution in [0.25, 0.3) is 11.0 Å². The Morgan fingerprint density at radius 3 is 2.81 bits per heavy atom. The first-order valence-corrected chi connectivity index (χ1v) is 4.43. The standard InChI is InChI=1S/C11H7FO4/c1-15-10(13)8-4-6-2-3-7(12)5-9(6)16-11(8)14/h2-5H,1H3. The van der Waals surface area contributed by atoms with E-state index in [1.54, 1.807) is 0 Å². The summed E-state index contributed by atoms with van der Waals surface area (Å²) >= 11 is 0. The maximum absolute atomic E-state index is 12.8. The summed E-state index contributed by atoms with van der Waals surface area (Å²) in [5, 5.41) is 0.460. The van der Waals surface area contributed by atoms with Gasteiger partial charge in [0.2, 0.25) is 0 Å². The molecule has 1 heterocycles. The van der Waals surface area contributed by atoms with Gasteiger partial charge in [0.15, 0.2) is 0 Å². The van der Waals surface area contributed by atoms with Crippen LogP contribution in [0.3, 0.4) is 0 Å². The fourth-order valence-corrected chi connectivity index (χ4v) is 1.34. The Bertz CT molecular complexity index is 615. The minimum atomic E-state index is -0.843. The van der Waals surface area contributed by atoms with Gasteiger partial charge in [-0.1, -0.05) is 0 Å². The summed E-state index contributed by atoms with van der Waals surface area (Å²) in [7, 11) is 1.16. The molecule has 0 aliphatic heterocycles. The molecule has 0 radical (unpaired) electrons. The minimum Gasteiger partial charge on any atom is -0.465 e. The van der Waals surface area contributed by atoms with Gasteiger partial charge >= 0.3 is 11.6 Å². The first-order valence-electron chi connectivity index (χ1n) is 4.43. The Hall–Kier alpha value is -2.17. The molecule has 0 spiro atoms. The Morgan fingerprint density at radius 2 is 2.12 bits per heavy atom. The van der Waals surface area contributed by atoms with Crippen molar-refractivity contribution in [3.63, 3.8) is 0 Å². The lowest BCUT2D eigenvalue weighted by atomic mass is 10.2. The van der Waals surface area contributed by atoms with Crippen molar-refractivity contribution in [3.05, 3.63) is 46.1 Å². The number of carbonyl (C=O) groups excluding carboxylic acids is 1. The number of hydrogen-bond donors (Lipinski definition) is 0. The lowest BCUT2D eigenvalue weighted by molar-refractivity contribution is 0.0596. The van der Waals surface area contributed by atoms with Crippen LogP contribution in [-0.2, 0) is 4.74 Å². The van der Waals surface area contributed by atoms with E-state index in [1.807, 2.05) is 0 Å². The van der Waals surface area contributed by atoms with Crippen LogP contribution >= 0.6 is 0 Å². The predicted octanol–water partition coefficient (Wildman–Crippen LogP) is 1.72. The topological polar surface area (TPSA) is 56.5 Å². The van der Waals surface area contributed by atoms with Gasteiger partial charge in [-0.25, -0.2) is 14.0 Å². The van der Waals surface area contributed by atoms with Crippen molar-refractivity contribution in [2.24, 2.45) is 0 Å². The van der Waals surface area contributed by atoms with Crippen LogP contribution in [-0.4, -0.2) is 13.1 Å². The second-order valence-electron chi connectivity index (χ2n) is 3.12. The van der Waals surface area contributed by atoms with Crippen molar-refractivity contribution in [1.29, 1.82) is 0 Å². The summed E-state index contributed by atoms with van der Waals surface area (Å²) in [6.07, 6.45) is 0. The normalized spacial score (nSPS) is 10.4. The van der Waals surface area contributed by atoms with Crippen molar-refractivity contribution >= 4 is 16.9 Å². The SMILES string of the molecule is COC(=O)c1cc2ccc(F)cc2oc1=O. The van der Waals surface area contributed by atoms with Gasteiger partial charge in [-0.3, -0.25) is 0 Å². The third-order valence-electron chi connectivity index (χ3n) is 2.10. The van der Waals surface area contributed by atoms with Gasteiger partial charge in [-0.2, -0.15) is 0 Å². The molecule has 0 saturated carbocycles. The van der Waals surface area contributed by atoms with Gasteiger partial charge in [-0.05, 0) is 18.2 Å². The van der Waals surface area contributed by atoms with E-state index in [0.717, 1.165) is 13.2 Å². The molecule has 2 rings (SSSR count). The molecule has 0 saturated heterocycles.